The van der Waals surface area contributed by atoms with E-state index in [-0.39, 0.29) is 5.91 Å². The molecule has 2 aromatic rings. The van der Waals surface area contributed by atoms with Crippen LogP contribution in [0.5, 0.6) is 0 Å². The second-order valence-corrected chi connectivity index (χ2v) is 7.56. The first-order valence-corrected chi connectivity index (χ1v) is 10.8. The van der Waals surface area contributed by atoms with Crippen LogP contribution in [0, 0.1) is 0 Å². The number of hydrogen-bond donors (Lipinski definition) is 5. The summed E-state index contributed by atoms with van der Waals surface area (Å²) in [7, 11) is 0. The zero-order valence-corrected chi connectivity index (χ0v) is 19.1. The highest BCUT2D eigenvalue weighted by atomic mass is 19.4. The fraction of sp³-hybridized carbons (Fsp3) is 0.391. The lowest BCUT2D eigenvalue weighted by Crippen LogP contribution is -2.28. The first kappa shape index (κ1) is 29.4. The number of nitrogens with zero attached hydrogens (tertiary/aromatic N) is 1. The largest absolute Gasteiger partial charge is 0.478 e. The Morgan fingerprint density at radius 3 is 2.23 bits per heavy atom. The average Bonchev–Trinajstić information content (AvgIpc) is 3.29. The van der Waals surface area contributed by atoms with E-state index in [1.54, 1.807) is 6.33 Å². The number of carboxylic acids is 2. The number of alkyl halides is 3. The molecule has 1 aromatic heterocycles. The van der Waals surface area contributed by atoms with Crippen LogP contribution < -0.4 is 10.6 Å². The van der Waals surface area contributed by atoms with E-state index in [9.17, 15) is 27.6 Å². The van der Waals surface area contributed by atoms with Crippen LogP contribution in [0.25, 0.3) is 0 Å². The maximum atomic E-state index is 12.5. The van der Waals surface area contributed by atoms with Gasteiger partial charge in [-0.15, -0.1) is 0 Å². The molecule has 1 unspecified atom stereocenters. The summed E-state index contributed by atoms with van der Waals surface area (Å²) in [5, 5.41) is 21.7. The number of aromatic nitrogens is 2. The van der Waals surface area contributed by atoms with Crippen molar-refractivity contribution in [1.82, 2.24) is 15.3 Å². The summed E-state index contributed by atoms with van der Waals surface area (Å²) >= 11 is 0. The van der Waals surface area contributed by atoms with E-state index in [0.717, 1.165) is 50.1 Å². The maximum Gasteiger partial charge on any atom is 0.416 e. The van der Waals surface area contributed by atoms with Gasteiger partial charge < -0.3 is 25.8 Å². The summed E-state index contributed by atoms with van der Waals surface area (Å²) < 4.78 is 37.5. The van der Waals surface area contributed by atoms with Crippen LogP contribution >= 0.6 is 0 Å². The number of unbranched alkanes of at least 4 members (excludes halogenated alkanes) is 1. The number of H-pyrrole nitrogens is 1. The van der Waals surface area contributed by atoms with E-state index < -0.39 is 23.7 Å². The van der Waals surface area contributed by atoms with Crippen molar-refractivity contribution in [3.05, 3.63) is 60.2 Å². The molecule has 0 aliphatic heterocycles. The highest BCUT2D eigenvalue weighted by Crippen LogP contribution is 2.29. The number of benzene rings is 1. The van der Waals surface area contributed by atoms with Crippen LogP contribution in [0.3, 0.4) is 0 Å². The van der Waals surface area contributed by atoms with Crippen LogP contribution in [0.2, 0.25) is 0 Å². The lowest BCUT2D eigenvalue weighted by Gasteiger charge is -2.13. The molecule has 192 valence electrons. The second kappa shape index (κ2) is 15.3. The molecule has 12 heteroatoms. The molecule has 0 aliphatic rings. The lowest BCUT2D eigenvalue weighted by atomic mass is 10.1. The van der Waals surface area contributed by atoms with Gasteiger partial charge in [0, 0.05) is 55.2 Å². The second-order valence-electron chi connectivity index (χ2n) is 7.56. The van der Waals surface area contributed by atoms with Crippen molar-refractivity contribution in [3.63, 3.8) is 0 Å². The fourth-order valence-electron chi connectivity index (χ4n) is 2.82. The molecular formula is C23H29F3N4O5. The molecule has 0 saturated carbocycles. The lowest BCUT2D eigenvalue weighted by molar-refractivity contribution is -0.137. The van der Waals surface area contributed by atoms with Crippen LogP contribution in [-0.4, -0.2) is 50.6 Å². The minimum absolute atomic E-state index is 0.186. The molecule has 1 amide bonds. The molecule has 35 heavy (non-hydrogen) atoms. The van der Waals surface area contributed by atoms with Gasteiger partial charge in [-0.1, -0.05) is 6.42 Å². The summed E-state index contributed by atoms with van der Waals surface area (Å²) in [6, 6.07) is 4.82. The molecule has 0 saturated heterocycles. The predicted molar refractivity (Wildman–Crippen MR) is 123 cm³/mol. The Hall–Kier alpha value is -3.67. The smallest absolute Gasteiger partial charge is 0.416 e. The van der Waals surface area contributed by atoms with Gasteiger partial charge in [0.05, 0.1) is 11.9 Å². The third-order valence-corrected chi connectivity index (χ3v) is 4.60. The van der Waals surface area contributed by atoms with Crippen molar-refractivity contribution in [3.8, 4) is 0 Å². The number of amides is 1. The number of imidazole rings is 1. The molecule has 1 aromatic carbocycles. The zero-order valence-electron chi connectivity index (χ0n) is 19.1. The van der Waals surface area contributed by atoms with Crippen molar-refractivity contribution >= 4 is 23.5 Å². The normalized spacial score (nSPS) is 12.0. The monoisotopic (exact) mass is 498 g/mol. The molecule has 1 atom stereocenters. The third kappa shape index (κ3) is 14.3. The number of carbonyl (C=O) groups is 3. The number of halogens is 3. The minimum Gasteiger partial charge on any atom is -0.478 e. The van der Waals surface area contributed by atoms with Gasteiger partial charge in [-0.3, -0.25) is 4.79 Å². The SMILES string of the molecule is CC(CCCCC(=O)Nc1ccc(C(F)(F)F)cc1)NCCc1cnc[nH]1.O=C(O)/C=C/C(=O)O. The van der Waals surface area contributed by atoms with Gasteiger partial charge in [-0.2, -0.15) is 13.2 Å². The first-order valence-electron chi connectivity index (χ1n) is 10.8. The van der Waals surface area contributed by atoms with Gasteiger partial charge in [0.2, 0.25) is 5.91 Å². The van der Waals surface area contributed by atoms with Crippen molar-refractivity contribution in [2.45, 2.75) is 51.2 Å². The molecule has 2 rings (SSSR count). The number of aromatic amines is 1. The van der Waals surface area contributed by atoms with Gasteiger partial charge in [-0.25, -0.2) is 14.6 Å². The molecule has 9 nitrogen and oxygen atoms in total. The number of carbonyl (C=O) groups excluding carboxylic acids is 1. The number of aliphatic carboxylic acids is 2. The highest BCUT2D eigenvalue weighted by molar-refractivity contribution is 5.90. The predicted octanol–water partition coefficient (Wildman–Crippen LogP) is 3.86. The Balaban J connectivity index is 0.000000658. The van der Waals surface area contributed by atoms with E-state index in [4.69, 9.17) is 10.2 Å². The van der Waals surface area contributed by atoms with Gasteiger partial charge in [0.15, 0.2) is 0 Å². The average molecular weight is 499 g/mol. The summed E-state index contributed by atoms with van der Waals surface area (Å²) in [5.74, 6) is -2.70. The number of hydrogen-bond acceptors (Lipinski definition) is 5. The van der Waals surface area contributed by atoms with Crippen LogP contribution in [-0.2, 0) is 27.0 Å². The fourth-order valence-corrected chi connectivity index (χ4v) is 2.82. The van der Waals surface area contributed by atoms with E-state index in [1.807, 2.05) is 6.20 Å². The maximum absolute atomic E-state index is 12.5. The Labute approximate surface area is 200 Å². The van der Waals surface area contributed by atoms with Crippen LogP contribution in [0.1, 0.15) is 43.9 Å². The Kier molecular flexibility index (Phi) is 12.8. The van der Waals surface area contributed by atoms with Crippen molar-refractivity contribution < 1.29 is 37.8 Å². The van der Waals surface area contributed by atoms with Gasteiger partial charge in [-0.05, 0) is 44.0 Å². The molecule has 0 radical (unpaired) electrons. The molecule has 5 N–H and O–H groups in total. The van der Waals surface area contributed by atoms with Gasteiger partial charge in [0.1, 0.15) is 0 Å². The molecule has 0 spiro atoms. The molecule has 0 fully saturated rings. The van der Waals surface area contributed by atoms with E-state index in [1.165, 1.54) is 12.1 Å². The highest BCUT2D eigenvalue weighted by Gasteiger charge is 2.29. The first-order chi connectivity index (χ1) is 16.5. The molecule has 1 heterocycles. The van der Waals surface area contributed by atoms with Crippen LogP contribution in [0.15, 0.2) is 48.9 Å². The topological polar surface area (TPSA) is 144 Å². The van der Waals surface area contributed by atoms with E-state index in [2.05, 4.69) is 27.5 Å². The zero-order chi connectivity index (χ0) is 26.3. The summed E-state index contributed by atoms with van der Waals surface area (Å²) in [6.07, 6.45) is 4.04. The molecular weight excluding hydrogens is 469 g/mol. The number of rotatable bonds is 12. The van der Waals surface area contributed by atoms with Crippen LogP contribution in [0.4, 0.5) is 18.9 Å². The number of nitrogens with one attached hydrogen (secondary N) is 3. The standard InChI is InChI=1S/C19H25F3N4O.C4H4O4/c1-14(24-11-10-17-12-23-13-25-17)4-2-3-5-18(27)26-16-8-6-15(7-9-16)19(20,21)22;5-3(6)1-2-4(7)8/h6-9,12-14,24H,2-5,10-11H2,1H3,(H,23,25)(H,26,27);1-2H,(H,5,6)(H,7,8)/b;2-1+. The van der Waals surface area contributed by atoms with Gasteiger partial charge >= 0.3 is 18.1 Å². The van der Waals surface area contributed by atoms with Crippen molar-refractivity contribution in [2.75, 3.05) is 11.9 Å². The van der Waals surface area contributed by atoms with Crippen molar-refractivity contribution in [1.29, 1.82) is 0 Å². The van der Waals surface area contributed by atoms with Gasteiger partial charge in [0.25, 0.3) is 0 Å². The number of anilines is 1. The van der Waals surface area contributed by atoms with E-state index >= 15 is 0 Å². The minimum atomic E-state index is -4.37. The Morgan fingerprint density at radius 2 is 1.71 bits per heavy atom. The molecule has 0 bridgehead atoms. The van der Waals surface area contributed by atoms with Crippen molar-refractivity contribution in [2.24, 2.45) is 0 Å². The summed E-state index contributed by atoms with van der Waals surface area (Å²) in [5.41, 5.74) is 0.742. The quantitative estimate of drug-likeness (QED) is 0.221. The number of carboxylic acid groups (broad SMARTS) is 2. The summed E-state index contributed by atoms with van der Waals surface area (Å²) in [4.78, 5) is 38.0. The Bertz CT molecular complexity index is 929. The van der Waals surface area contributed by atoms with E-state index in [0.29, 0.717) is 30.3 Å². The summed E-state index contributed by atoms with van der Waals surface area (Å²) in [6.45, 7) is 2.97. The Morgan fingerprint density at radius 1 is 1.09 bits per heavy atom. The molecule has 0 aliphatic carbocycles. The third-order valence-electron chi connectivity index (χ3n) is 4.60.